The third-order valence-corrected chi connectivity index (χ3v) is 1.27. The molecule has 0 aromatic carbocycles. The van der Waals surface area contributed by atoms with E-state index in [-0.39, 0.29) is 12.0 Å². The Morgan fingerprint density at radius 3 is 2.30 bits per heavy atom. The third kappa shape index (κ3) is 4.27. The van der Waals surface area contributed by atoms with E-state index >= 15 is 0 Å². The van der Waals surface area contributed by atoms with Gasteiger partial charge in [-0.2, -0.15) is 0 Å². The van der Waals surface area contributed by atoms with E-state index in [4.69, 9.17) is 4.74 Å². The lowest BCUT2D eigenvalue weighted by Crippen LogP contribution is -2.00. The van der Waals surface area contributed by atoms with Crippen LogP contribution in [0.4, 0.5) is 0 Å². The van der Waals surface area contributed by atoms with E-state index in [1.165, 1.54) is 0 Å². The molecule has 0 fully saturated rings. The molecule has 0 radical (unpaired) electrons. The van der Waals surface area contributed by atoms with Crippen molar-refractivity contribution in [3.8, 4) is 0 Å². The quantitative estimate of drug-likeness (QED) is 0.438. The molecule has 0 aliphatic carbocycles. The molecule has 0 heterocycles. The van der Waals surface area contributed by atoms with Crippen molar-refractivity contribution in [2.24, 2.45) is 5.92 Å². The molecule has 0 rings (SSSR count). The molecule has 2 heteroatoms. The van der Waals surface area contributed by atoms with E-state index in [1.54, 1.807) is 7.11 Å². The van der Waals surface area contributed by atoms with E-state index < -0.39 is 0 Å². The Morgan fingerprint density at radius 2 is 1.90 bits per heavy atom. The van der Waals surface area contributed by atoms with Crippen molar-refractivity contribution >= 4 is 6.29 Å². The molecule has 0 aromatic rings. The van der Waals surface area contributed by atoms with Crippen molar-refractivity contribution in [1.82, 2.24) is 0 Å². The predicted octanol–water partition coefficient (Wildman–Crippen LogP) is 1.41. The first-order valence-corrected chi connectivity index (χ1v) is 3.37. The number of ether oxygens (including phenoxy) is 1. The first-order valence-electron chi connectivity index (χ1n) is 3.37. The van der Waals surface area contributed by atoms with Crippen LogP contribution < -0.4 is 0 Å². The second kappa shape index (κ2) is 5.18. The standard InChI is InChI=1S/C8H14O2/c1-7(6-9)4-5-8(2)10-3/h4-8H,1-3H3/b5-4+. The van der Waals surface area contributed by atoms with E-state index in [2.05, 4.69) is 0 Å². The Labute approximate surface area is 61.9 Å². The number of carbonyl (C=O) groups excluding carboxylic acids is 1. The molecule has 0 spiro atoms. The van der Waals surface area contributed by atoms with Crippen molar-refractivity contribution < 1.29 is 9.53 Å². The van der Waals surface area contributed by atoms with Crippen molar-refractivity contribution in [1.29, 1.82) is 0 Å². The average Bonchev–Trinajstić information content (AvgIpc) is 1.99. The highest BCUT2D eigenvalue weighted by Crippen LogP contribution is 1.95. The van der Waals surface area contributed by atoms with Crippen LogP contribution in [0.25, 0.3) is 0 Å². The molecule has 2 atom stereocenters. The minimum Gasteiger partial charge on any atom is -0.378 e. The van der Waals surface area contributed by atoms with Crippen LogP contribution in [0, 0.1) is 5.92 Å². The van der Waals surface area contributed by atoms with Crippen LogP contribution >= 0.6 is 0 Å². The molecule has 0 saturated heterocycles. The first kappa shape index (κ1) is 9.37. The van der Waals surface area contributed by atoms with Gasteiger partial charge >= 0.3 is 0 Å². The summed E-state index contributed by atoms with van der Waals surface area (Å²) in [6.45, 7) is 3.76. The summed E-state index contributed by atoms with van der Waals surface area (Å²) in [5, 5.41) is 0. The van der Waals surface area contributed by atoms with Gasteiger partial charge in [-0.25, -0.2) is 0 Å². The molecule has 0 amide bonds. The maximum Gasteiger partial charge on any atom is 0.126 e. The summed E-state index contributed by atoms with van der Waals surface area (Å²) in [5.74, 6) is -0.00222. The van der Waals surface area contributed by atoms with E-state index in [0.717, 1.165) is 6.29 Å². The van der Waals surface area contributed by atoms with Gasteiger partial charge in [0.25, 0.3) is 0 Å². The molecule has 2 unspecified atom stereocenters. The number of hydrogen-bond donors (Lipinski definition) is 0. The second-order valence-electron chi connectivity index (χ2n) is 2.32. The van der Waals surface area contributed by atoms with E-state index in [9.17, 15) is 4.79 Å². The SMILES string of the molecule is COC(C)/C=C/C(C)C=O. The lowest BCUT2D eigenvalue weighted by molar-refractivity contribution is -0.109. The van der Waals surface area contributed by atoms with Gasteiger partial charge in [0.2, 0.25) is 0 Å². The molecule has 2 nitrogen and oxygen atoms in total. The fraction of sp³-hybridized carbons (Fsp3) is 0.625. The number of rotatable bonds is 4. The Balaban J connectivity index is 3.62. The van der Waals surface area contributed by atoms with Crippen molar-refractivity contribution in [2.75, 3.05) is 7.11 Å². The average molecular weight is 142 g/mol. The number of aldehydes is 1. The smallest absolute Gasteiger partial charge is 0.126 e. The molecular weight excluding hydrogens is 128 g/mol. The monoisotopic (exact) mass is 142 g/mol. The molecule has 0 bridgehead atoms. The van der Waals surface area contributed by atoms with Crippen LogP contribution in [0.2, 0.25) is 0 Å². The molecule has 10 heavy (non-hydrogen) atoms. The minimum atomic E-state index is -0.00222. The van der Waals surface area contributed by atoms with Crippen LogP contribution in [0.3, 0.4) is 0 Å². The van der Waals surface area contributed by atoms with Gasteiger partial charge < -0.3 is 9.53 Å². The number of hydrogen-bond acceptors (Lipinski definition) is 2. The van der Waals surface area contributed by atoms with Crippen LogP contribution in [-0.2, 0) is 9.53 Å². The van der Waals surface area contributed by atoms with Gasteiger partial charge in [-0.15, -0.1) is 0 Å². The number of carbonyl (C=O) groups is 1. The number of methoxy groups -OCH3 is 1. The highest BCUT2D eigenvalue weighted by atomic mass is 16.5. The zero-order valence-electron chi connectivity index (χ0n) is 6.70. The van der Waals surface area contributed by atoms with Gasteiger partial charge in [-0.1, -0.05) is 19.1 Å². The van der Waals surface area contributed by atoms with Gasteiger partial charge in [0.15, 0.2) is 0 Å². The summed E-state index contributed by atoms with van der Waals surface area (Å²) >= 11 is 0. The molecule has 0 N–H and O–H groups in total. The largest absolute Gasteiger partial charge is 0.378 e. The van der Waals surface area contributed by atoms with Gasteiger partial charge in [-0.05, 0) is 6.92 Å². The lowest BCUT2D eigenvalue weighted by atomic mass is 10.2. The Bertz CT molecular complexity index is 118. The summed E-state index contributed by atoms with van der Waals surface area (Å²) in [4.78, 5) is 10.1. The maximum absolute atomic E-state index is 10.1. The topological polar surface area (TPSA) is 26.3 Å². The molecule has 0 saturated carbocycles. The van der Waals surface area contributed by atoms with E-state index in [1.807, 2.05) is 26.0 Å². The summed E-state index contributed by atoms with van der Waals surface area (Å²) < 4.78 is 4.94. The predicted molar refractivity (Wildman–Crippen MR) is 40.8 cm³/mol. The van der Waals surface area contributed by atoms with Crippen molar-refractivity contribution in [3.63, 3.8) is 0 Å². The first-order chi connectivity index (χ1) is 4.70. The zero-order chi connectivity index (χ0) is 7.98. The summed E-state index contributed by atoms with van der Waals surface area (Å²) in [6.07, 6.45) is 4.71. The van der Waals surface area contributed by atoms with Crippen LogP contribution in [0.1, 0.15) is 13.8 Å². The molecule has 0 aliphatic heterocycles. The lowest BCUT2D eigenvalue weighted by Gasteiger charge is -2.01. The minimum absolute atomic E-state index is 0.00222. The molecule has 0 aliphatic rings. The fourth-order valence-corrected chi connectivity index (χ4v) is 0.456. The maximum atomic E-state index is 10.1. The Kier molecular flexibility index (Phi) is 4.85. The highest BCUT2D eigenvalue weighted by molar-refractivity contribution is 5.55. The van der Waals surface area contributed by atoms with Gasteiger partial charge in [-0.3, -0.25) is 0 Å². The second-order valence-corrected chi connectivity index (χ2v) is 2.32. The number of allylic oxidation sites excluding steroid dienone is 1. The van der Waals surface area contributed by atoms with Crippen LogP contribution in [0.5, 0.6) is 0 Å². The van der Waals surface area contributed by atoms with Gasteiger partial charge in [0.1, 0.15) is 6.29 Å². The molecule has 0 aromatic heterocycles. The molecule has 58 valence electrons. The fourth-order valence-electron chi connectivity index (χ4n) is 0.456. The molecular formula is C8H14O2. The Morgan fingerprint density at radius 1 is 1.30 bits per heavy atom. The van der Waals surface area contributed by atoms with Gasteiger partial charge in [0, 0.05) is 13.0 Å². The van der Waals surface area contributed by atoms with Crippen molar-refractivity contribution in [3.05, 3.63) is 12.2 Å². The van der Waals surface area contributed by atoms with Crippen LogP contribution in [-0.4, -0.2) is 19.5 Å². The van der Waals surface area contributed by atoms with E-state index in [0.29, 0.717) is 0 Å². The third-order valence-electron chi connectivity index (χ3n) is 1.27. The zero-order valence-corrected chi connectivity index (χ0v) is 6.70. The Hall–Kier alpha value is -0.630. The highest BCUT2D eigenvalue weighted by Gasteiger charge is 1.94. The summed E-state index contributed by atoms with van der Waals surface area (Å²) in [6, 6.07) is 0. The van der Waals surface area contributed by atoms with Gasteiger partial charge in [0.05, 0.1) is 6.10 Å². The normalized spacial score (nSPS) is 17.1. The summed E-state index contributed by atoms with van der Waals surface area (Å²) in [5.41, 5.74) is 0. The summed E-state index contributed by atoms with van der Waals surface area (Å²) in [7, 11) is 1.64. The van der Waals surface area contributed by atoms with Crippen LogP contribution in [0.15, 0.2) is 12.2 Å². The van der Waals surface area contributed by atoms with Crippen molar-refractivity contribution in [2.45, 2.75) is 20.0 Å².